The molecule has 0 unspecified atom stereocenters. The van der Waals surface area contributed by atoms with E-state index in [1.165, 1.54) is 22.3 Å². The highest BCUT2D eigenvalue weighted by atomic mass is 16.4. The maximum absolute atomic E-state index is 9.38. The first-order valence-electron chi connectivity index (χ1n) is 11.7. The van der Waals surface area contributed by atoms with Crippen LogP contribution in [-0.2, 0) is 0 Å². The molecule has 2 N–H and O–H groups in total. The number of hydrogen-bond donors (Lipinski definition) is 2. The highest BCUT2D eigenvalue weighted by Crippen LogP contribution is 2.37. The second kappa shape index (κ2) is 10.4. The topological polar surface area (TPSA) is 40.5 Å². The van der Waals surface area contributed by atoms with Crippen molar-refractivity contribution in [3.63, 3.8) is 0 Å². The van der Waals surface area contributed by atoms with E-state index in [0.717, 1.165) is 22.3 Å². The average molecular weight is 452 g/mol. The van der Waals surface area contributed by atoms with Crippen molar-refractivity contribution in [3.8, 4) is 11.1 Å². The fourth-order valence-electron chi connectivity index (χ4n) is 4.40. The van der Waals surface area contributed by atoms with E-state index in [1.54, 1.807) is 12.1 Å². The van der Waals surface area contributed by atoms with Crippen LogP contribution in [0.5, 0.6) is 0 Å². The molecule has 0 bridgehead atoms. The van der Waals surface area contributed by atoms with Crippen molar-refractivity contribution in [2.24, 2.45) is 0 Å². The summed E-state index contributed by atoms with van der Waals surface area (Å²) in [5.41, 5.74) is 9.56. The Kier molecular flexibility index (Phi) is 6.71. The SMILES string of the molecule is OB(O)c1ccc(-c2ccc(C(=C(c3ccccc3)c3ccccc3)c3ccccc3)cc2)cc1. The quantitative estimate of drug-likeness (QED) is 0.244. The van der Waals surface area contributed by atoms with Gasteiger partial charge in [0.2, 0.25) is 0 Å². The zero-order chi connectivity index (χ0) is 24.0. The second-order valence-corrected chi connectivity index (χ2v) is 8.42. The first-order chi connectivity index (χ1) is 17.2. The minimum atomic E-state index is -1.46. The Balaban J connectivity index is 1.68. The van der Waals surface area contributed by atoms with E-state index in [2.05, 4.69) is 97.1 Å². The van der Waals surface area contributed by atoms with E-state index < -0.39 is 7.12 Å². The van der Waals surface area contributed by atoms with Gasteiger partial charge in [-0.2, -0.15) is 0 Å². The molecule has 0 aliphatic heterocycles. The molecule has 0 fully saturated rings. The lowest BCUT2D eigenvalue weighted by molar-refractivity contribution is 0.426. The predicted octanol–water partition coefficient (Wildman–Crippen LogP) is 6.04. The summed E-state index contributed by atoms with van der Waals surface area (Å²) in [6, 6.07) is 47.5. The van der Waals surface area contributed by atoms with Gasteiger partial charge >= 0.3 is 7.12 Å². The minimum absolute atomic E-state index is 0.482. The third kappa shape index (κ3) is 5.02. The van der Waals surface area contributed by atoms with Crippen molar-refractivity contribution in [2.45, 2.75) is 0 Å². The summed E-state index contributed by atoms with van der Waals surface area (Å²) in [6.45, 7) is 0. The average Bonchev–Trinajstić information content (AvgIpc) is 2.93. The monoisotopic (exact) mass is 452 g/mol. The van der Waals surface area contributed by atoms with Crippen LogP contribution in [0.3, 0.4) is 0 Å². The standard InChI is InChI=1S/C32H25BO2/c34-33(35)30-22-20-25(21-23-30)24-16-18-29(19-17-24)32(28-14-8-3-9-15-28)31(26-10-4-1-5-11-26)27-12-6-2-7-13-27/h1-23,34-35H. The van der Waals surface area contributed by atoms with Gasteiger partial charge in [-0.05, 0) is 50.0 Å². The minimum Gasteiger partial charge on any atom is -0.423 e. The maximum Gasteiger partial charge on any atom is 0.488 e. The van der Waals surface area contributed by atoms with Gasteiger partial charge in [-0.15, -0.1) is 0 Å². The Morgan fingerprint density at radius 2 is 0.686 bits per heavy atom. The van der Waals surface area contributed by atoms with Gasteiger partial charge in [-0.25, -0.2) is 0 Å². The fraction of sp³-hybridized carbons (Fsp3) is 0. The van der Waals surface area contributed by atoms with Gasteiger partial charge < -0.3 is 10.0 Å². The molecule has 0 atom stereocenters. The van der Waals surface area contributed by atoms with Gasteiger partial charge in [-0.1, -0.05) is 140 Å². The van der Waals surface area contributed by atoms with Gasteiger partial charge in [0, 0.05) is 0 Å². The highest BCUT2D eigenvalue weighted by molar-refractivity contribution is 6.58. The molecule has 5 aromatic rings. The van der Waals surface area contributed by atoms with Crippen molar-refractivity contribution in [1.29, 1.82) is 0 Å². The second-order valence-electron chi connectivity index (χ2n) is 8.42. The Bertz CT molecular complexity index is 1370. The van der Waals surface area contributed by atoms with Gasteiger partial charge in [-0.3, -0.25) is 0 Å². The number of benzene rings is 5. The first-order valence-corrected chi connectivity index (χ1v) is 11.7. The highest BCUT2D eigenvalue weighted by Gasteiger charge is 2.16. The number of hydrogen-bond acceptors (Lipinski definition) is 2. The van der Waals surface area contributed by atoms with E-state index >= 15 is 0 Å². The van der Waals surface area contributed by atoms with Crippen molar-refractivity contribution in [3.05, 3.63) is 162 Å². The molecule has 0 saturated carbocycles. The summed E-state index contributed by atoms with van der Waals surface area (Å²) in [6.07, 6.45) is 0. The Morgan fingerprint density at radius 3 is 1.03 bits per heavy atom. The van der Waals surface area contributed by atoms with Gasteiger partial charge in [0.15, 0.2) is 0 Å². The van der Waals surface area contributed by atoms with E-state index in [1.807, 2.05) is 30.3 Å². The molecule has 0 heterocycles. The van der Waals surface area contributed by atoms with Crippen molar-refractivity contribution >= 4 is 23.7 Å². The molecular formula is C32H25BO2. The molecule has 5 aromatic carbocycles. The fourth-order valence-corrected chi connectivity index (χ4v) is 4.40. The van der Waals surface area contributed by atoms with Crippen LogP contribution < -0.4 is 5.46 Å². The maximum atomic E-state index is 9.38. The van der Waals surface area contributed by atoms with Crippen LogP contribution in [0.4, 0.5) is 0 Å². The van der Waals surface area contributed by atoms with Gasteiger partial charge in [0.05, 0.1) is 0 Å². The van der Waals surface area contributed by atoms with Crippen LogP contribution in [0, 0.1) is 0 Å². The molecule has 0 saturated heterocycles. The van der Waals surface area contributed by atoms with Gasteiger partial charge in [0.1, 0.15) is 0 Å². The summed E-state index contributed by atoms with van der Waals surface area (Å²) in [5.74, 6) is 0. The lowest BCUT2D eigenvalue weighted by atomic mass is 9.80. The van der Waals surface area contributed by atoms with Crippen LogP contribution in [0.25, 0.3) is 22.3 Å². The van der Waals surface area contributed by atoms with E-state index in [9.17, 15) is 10.0 Å². The van der Waals surface area contributed by atoms with Crippen LogP contribution in [0.2, 0.25) is 0 Å². The van der Waals surface area contributed by atoms with Gasteiger partial charge in [0.25, 0.3) is 0 Å². The molecule has 168 valence electrons. The van der Waals surface area contributed by atoms with Crippen LogP contribution >= 0.6 is 0 Å². The molecular weight excluding hydrogens is 427 g/mol. The molecule has 0 amide bonds. The predicted molar refractivity (Wildman–Crippen MR) is 146 cm³/mol. The summed E-state index contributed by atoms with van der Waals surface area (Å²) in [7, 11) is -1.46. The van der Waals surface area contributed by atoms with Crippen molar-refractivity contribution in [1.82, 2.24) is 0 Å². The lowest BCUT2D eigenvalue weighted by Gasteiger charge is -2.18. The van der Waals surface area contributed by atoms with Crippen molar-refractivity contribution < 1.29 is 10.0 Å². The Morgan fingerprint density at radius 1 is 0.371 bits per heavy atom. The summed E-state index contributed by atoms with van der Waals surface area (Å²) in [5, 5.41) is 18.8. The first kappa shape index (κ1) is 22.6. The zero-order valence-electron chi connectivity index (χ0n) is 19.3. The molecule has 0 radical (unpaired) electrons. The normalized spacial score (nSPS) is 10.6. The molecule has 35 heavy (non-hydrogen) atoms. The Hall–Kier alpha value is -4.18. The third-order valence-corrected chi connectivity index (χ3v) is 6.15. The molecule has 0 spiro atoms. The number of rotatable bonds is 6. The largest absolute Gasteiger partial charge is 0.488 e. The summed E-state index contributed by atoms with van der Waals surface area (Å²) < 4.78 is 0. The lowest BCUT2D eigenvalue weighted by Crippen LogP contribution is -2.29. The van der Waals surface area contributed by atoms with Crippen LogP contribution in [0.1, 0.15) is 22.3 Å². The molecule has 5 rings (SSSR count). The third-order valence-electron chi connectivity index (χ3n) is 6.15. The van der Waals surface area contributed by atoms with Crippen LogP contribution in [0.15, 0.2) is 140 Å². The molecule has 2 nitrogen and oxygen atoms in total. The molecule has 0 aliphatic carbocycles. The molecule has 0 aromatic heterocycles. The van der Waals surface area contributed by atoms with E-state index in [0.29, 0.717) is 5.46 Å². The zero-order valence-corrected chi connectivity index (χ0v) is 19.3. The molecule has 3 heteroatoms. The summed E-state index contributed by atoms with van der Waals surface area (Å²) >= 11 is 0. The Labute approximate surface area is 206 Å². The summed E-state index contributed by atoms with van der Waals surface area (Å²) in [4.78, 5) is 0. The van der Waals surface area contributed by atoms with Crippen molar-refractivity contribution in [2.75, 3.05) is 0 Å². The molecule has 0 aliphatic rings. The van der Waals surface area contributed by atoms with E-state index in [4.69, 9.17) is 0 Å². The smallest absolute Gasteiger partial charge is 0.423 e. The van der Waals surface area contributed by atoms with Crippen LogP contribution in [-0.4, -0.2) is 17.2 Å². The van der Waals surface area contributed by atoms with E-state index in [-0.39, 0.29) is 0 Å².